The average Bonchev–Trinajstić information content (AvgIpc) is 2.81. The largest absolute Gasteiger partial charge is 0.313 e. The number of nitrogens with one attached hydrogen (secondary N) is 1. The fourth-order valence-electron chi connectivity index (χ4n) is 2.78. The molecule has 114 valence electrons. The van der Waals surface area contributed by atoms with Crippen LogP contribution in [-0.4, -0.2) is 16.3 Å². The second-order valence-corrected chi connectivity index (χ2v) is 5.62. The van der Waals surface area contributed by atoms with Crippen LogP contribution in [-0.2, 0) is 26.4 Å². The molecule has 0 saturated carbocycles. The summed E-state index contributed by atoms with van der Waals surface area (Å²) in [5.41, 5.74) is 6.17. The molecule has 0 radical (unpaired) electrons. The monoisotopic (exact) mass is 305 g/mol. The maximum Gasteiger partial charge on any atom is 0.0703 e. The summed E-state index contributed by atoms with van der Waals surface area (Å²) in [5.74, 6) is 0. The summed E-state index contributed by atoms with van der Waals surface area (Å²) in [4.78, 5) is 0. The van der Waals surface area contributed by atoms with Crippen LogP contribution in [0.15, 0.2) is 18.2 Å². The number of aryl methyl sites for hydroxylation is 2. The Labute approximate surface area is 132 Å². The van der Waals surface area contributed by atoms with Gasteiger partial charge in [-0.15, -0.1) is 0 Å². The van der Waals surface area contributed by atoms with Gasteiger partial charge in [-0.1, -0.05) is 38.4 Å². The Morgan fingerprint density at radius 1 is 1.19 bits per heavy atom. The van der Waals surface area contributed by atoms with E-state index in [0.717, 1.165) is 36.6 Å². The number of hydrogen-bond acceptors (Lipinski definition) is 2. The fraction of sp³-hybridized carbons (Fsp3) is 0.471. The molecule has 0 aliphatic rings. The van der Waals surface area contributed by atoms with Gasteiger partial charge in [-0.05, 0) is 42.6 Å². The van der Waals surface area contributed by atoms with Gasteiger partial charge in [0.1, 0.15) is 0 Å². The molecule has 4 heteroatoms. The molecule has 3 nitrogen and oxygen atoms in total. The minimum atomic E-state index is 0.776. The van der Waals surface area contributed by atoms with Crippen molar-refractivity contribution in [2.75, 3.05) is 6.54 Å². The van der Waals surface area contributed by atoms with Crippen molar-refractivity contribution in [1.82, 2.24) is 15.1 Å². The van der Waals surface area contributed by atoms with Crippen molar-refractivity contribution >= 4 is 11.6 Å². The topological polar surface area (TPSA) is 29.9 Å². The number of aromatic nitrogens is 2. The highest BCUT2D eigenvalue weighted by Gasteiger charge is 2.18. The molecule has 0 saturated heterocycles. The maximum atomic E-state index is 6.25. The van der Waals surface area contributed by atoms with Gasteiger partial charge in [-0.25, -0.2) is 0 Å². The van der Waals surface area contributed by atoms with E-state index in [-0.39, 0.29) is 0 Å². The molecule has 1 heterocycles. The standard InChI is InChI=1S/C17H24ClN3/c1-5-15-17(16(6-2)21(4)20-15)14-10-13(18)9-8-12(14)11-19-7-3/h8-10,19H,5-7,11H2,1-4H3. The Kier molecular flexibility index (Phi) is 5.43. The Morgan fingerprint density at radius 2 is 1.95 bits per heavy atom. The van der Waals surface area contributed by atoms with Crippen LogP contribution in [0, 0.1) is 0 Å². The molecular formula is C17H24ClN3. The molecule has 0 unspecified atom stereocenters. The first-order valence-corrected chi connectivity index (χ1v) is 8.04. The first-order chi connectivity index (χ1) is 10.1. The SMILES string of the molecule is CCNCc1ccc(Cl)cc1-c1c(CC)nn(C)c1CC. The highest BCUT2D eigenvalue weighted by atomic mass is 35.5. The highest BCUT2D eigenvalue weighted by Crippen LogP contribution is 2.33. The molecule has 0 amide bonds. The molecule has 0 aliphatic carbocycles. The number of hydrogen-bond donors (Lipinski definition) is 1. The summed E-state index contributed by atoms with van der Waals surface area (Å²) < 4.78 is 2.01. The van der Waals surface area contributed by atoms with Crippen molar-refractivity contribution < 1.29 is 0 Å². The predicted molar refractivity (Wildman–Crippen MR) is 89.8 cm³/mol. The summed E-state index contributed by atoms with van der Waals surface area (Å²) in [7, 11) is 2.02. The second kappa shape index (κ2) is 7.10. The van der Waals surface area contributed by atoms with E-state index in [1.165, 1.54) is 22.4 Å². The van der Waals surface area contributed by atoms with E-state index >= 15 is 0 Å². The lowest BCUT2D eigenvalue weighted by atomic mass is 9.95. The molecule has 1 aromatic heterocycles. The molecule has 0 fully saturated rings. The molecular weight excluding hydrogens is 282 g/mol. The average molecular weight is 306 g/mol. The highest BCUT2D eigenvalue weighted by molar-refractivity contribution is 6.30. The third kappa shape index (κ3) is 3.30. The summed E-state index contributed by atoms with van der Waals surface area (Å²) in [6.07, 6.45) is 1.89. The minimum absolute atomic E-state index is 0.776. The summed E-state index contributed by atoms with van der Waals surface area (Å²) >= 11 is 6.25. The zero-order valence-electron chi connectivity index (χ0n) is 13.3. The molecule has 2 aromatic rings. The van der Waals surface area contributed by atoms with E-state index in [2.05, 4.69) is 43.3 Å². The van der Waals surface area contributed by atoms with E-state index in [1.807, 2.05) is 17.8 Å². The van der Waals surface area contributed by atoms with Crippen molar-refractivity contribution in [3.63, 3.8) is 0 Å². The van der Waals surface area contributed by atoms with Gasteiger partial charge >= 0.3 is 0 Å². The van der Waals surface area contributed by atoms with Gasteiger partial charge in [0.2, 0.25) is 0 Å². The van der Waals surface area contributed by atoms with Crippen molar-refractivity contribution in [1.29, 1.82) is 0 Å². The summed E-state index contributed by atoms with van der Waals surface area (Å²) in [6.45, 7) is 8.25. The molecule has 0 atom stereocenters. The molecule has 2 rings (SSSR count). The lowest BCUT2D eigenvalue weighted by Gasteiger charge is -2.13. The molecule has 0 bridgehead atoms. The van der Waals surface area contributed by atoms with Gasteiger partial charge in [0.05, 0.1) is 5.69 Å². The first-order valence-electron chi connectivity index (χ1n) is 7.66. The van der Waals surface area contributed by atoms with Crippen molar-refractivity contribution in [3.8, 4) is 11.1 Å². The summed E-state index contributed by atoms with van der Waals surface area (Å²) in [5, 5.41) is 8.86. The lowest BCUT2D eigenvalue weighted by molar-refractivity contribution is 0.705. The van der Waals surface area contributed by atoms with Crippen LogP contribution in [0.4, 0.5) is 0 Å². The van der Waals surface area contributed by atoms with Gasteiger partial charge < -0.3 is 5.32 Å². The van der Waals surface area contributed by atoms with E-state index in [4.69, 9.17) is 11.6 Å². The van der Waals surface area contributed by atoms with E-state index in [1.54, 1.807) is 0 Å². The zero-order chi connectivity index (χ0) is 15.4. The number of halogens is 1. The van der Waals surface area contributed by atoms with E-state index in [0.29, 0.717) is 0 Å². The van der Waals surface area contributed by atoms with E-state index < -0.39 is 0 Å². The fourth-order valence-corrected chi connectivity index (χ4v) is 2.95. The third-order valence-corrected chi connectivity index (χ3v) is 4.05. The van der Waals surface area contributed by atoms with Crippen LogP contribution in [0.3, 0.4) is 0 Å². The van der Waals surface area contributed by atoms with Gasteiger partial charge in [0, 0.05) is 29.9 Å². The van der Waals surface area contributed by atoms with Crippen LogP contribution in [0.1, 0.15) is 37.7 Å². The Hall–Kier alpha value is -1.32. The normalized spacial score (nSPS) is 11.1. The quantitative estimate of drug-likeness (QED) is 0.875. The molecule has 1 aromatic carbocycles. The predicted octanol–water partition coefficient (Wildman–Crippen LogP) is 3.97. The van der Waals surface area contributed by atoms with Crippen LogP contribution in [0.5, 0.6) is 0 Å². The van der Waals surface area contributed by atoms with Crippen molar-refractivity contribution in [3.05, 3.63) is 40.2 Å². The van der Waals surface area contributed by atoms with Gasteiger partial charge in [0.25, 0.3) is 0 Å². The lowest BCUT2D eigenvalue weighted by Crippen LogP contribution is -2.12. The van der Waals surface area contributed by atoms with Crippen molar-refractivity contribution in [2.45, 2.75) is 40.2 Å². The second-order valence-electron chi connectivity index (χ2n) is 5.18. The van der Waals surface area contributed by atoms with Crippen LogP contribution in [0.25, 0.3) is 11.1 Å². The Balaban J connectivity index is 2.62. The Bertz CT molecular complexity index is 617. The molecule has 0 spiro atoms. The summed E-state index contributed by atoms with van der Waals surface area (Å²) in [6, 6.07) is 6.15. The maximum absolute atomic E-state index is 6.25. The molecule has 1 N–H and O–H groups in total. The van der Waals surface area contributed by atoms with Crippen molar-refractivity contribution in [2.24, 2.45) is 7.05 Å². The number of rotatable bonds is 6. The van der Waals surface area contributed by atoms with Crippen LogP contribution in [0.2, 0.25) is 5.02 Å². The Morgan fingerprint density at radius 3 is 2.57 bits per heavy atom. The third-order valence-electron chi connectivity index (χ3n) is 3.81. The molecule has 21 heavy (non-hydrogen) atoms. The first kappa shape index (κ1) is 16.1. The molecule has 0 aliphatic heterocycles. The van der Waals surface area contributed by atoms with Gasteiger partial charge in [-0.2, -0.15) is 5.10 Å². The van der Waals surface area contributed by atoms with Gasteiger partial charge in [0.15, 0.2) is 0 Å². The van der Waals surface area contributed by atoms with E-state index in [9.17, 15) is 0 Å². The number of nitrogens with zero attached hydrogens (tertiary/aromatic N) is 2. The van der Waals surface area contributed by atoms with Crippen LogP contribution < -0.4 is 5.32 Å². The minimum Gasteiger partial charge on any atom is -0.313 e. The zero-order valence-corrected chi connectivity index (χ0v) is 14.1. The smallest absolute Gasteiger partial charge is 0.0703 e. The number of benzene rings is 1. The van der Waals surface area contributed by atoms with Gasteiger partial charge in [-0.3, -0.25) is 4.68 Å². The van der Waals surface area contributed by atoms with Crippen LogP contribution >= 0.6 is 11.6 Å².